The molecule has 0 fully saturated rings. The van der Waals surface area contributed by atoms with E-state index >= 15 is 0 Å². The number of halogens is 1. The van der Waals surface area contributed by atoms with Crippen molar-refractivity contribution < 1.29 is 9.50 Å². The molecule has 0 aliphatic heterocycles. The minimum absolute atomic E-state index is 0.0565. The maximum Gasteiger partial charge on any atom is 0.131 e. The first-order chi connectivity index (χ1) is 9.51. The Labute approximate surface area is 118 Å². The summed E-state index contributed by atoms with van der Waals surface area (Å²) in [5.41, 5.74) is 2.73. The van der Waals surface area contributed by atoms with E-state index in [4.69, 9.17) is 0 Å². The van der Waals surface area contributed by atoms with Gasteiger partial charge in [-0.05, 0) is 19.4 Å². The molecule has 108 valence electrons. The van der Waals surface area contributed by atoms with Crippen molar-refractivity contribution in [3.63, 3.8) is 0 Å². The molecule has 0 aliphatic rings. The van der Waals surface area contributed by atoms with Crippen LogP contribution in [0, 0.1) is 5.82 Å². The molecule has 1 heterocycles. The summed E-state index contributed by atoms with van der Waals surface area (Å²) < 4.78 is 15.6. The zero-order valence-electron chi connectivity index (χ0n) is 12.0. The Balaban J connectivity index is 2.06. The SMILES string of the molecule is CCc1nn(C)cc1CNC(C)c1ccc(O)cc1F. The molecule has 0 amide bonds. The van der Waals surface area contributed by atoms with Gasteiger partial charge in [-0.2, -0.15) is 5.10 Å². The highest BCUT2D eigenvalue weighted by atomic mass is 19.1. The molecule has 1 atom stereocenters. The lowest BCUT2D eigenvalue weighted by Gasteiger charge is -2.15. The molecule has 0 saturated heterocycles. The number of hydrogen-bond acceptors (Lipinski definition) is 3. The van der Waals surface area contributed by atoms with Crippen LogP contribution < -0.4 is 5.32 Å². The van der Waals surface area contributed by atoms with Crippen LogP contribution in [0.5, 0.6) is 5.75 Å². The second-order valence-electron chi connectivity index (χ2n) is 4.94. The van der Waals surface area contributed by atoms with E-state index in [0.29, 0.717) is 12.1 Å². The van der Waals surface area contributed by atoms with Crippen molar-refractivity contribution in [3.8, 4) is 5.75 Å². The molecule has 0 bridgehead atoms. The molecule has 0 spiro atoms. The van der Waals surface area contributed by atoms with Crippen LogP contribution >= 0.6 is 0 Å². The van der Waals surface area contributed by atoms with Crippen molar-refractivity contribution in [2.24, 2.45) is 7.05 Å². The summed E-state index contributed by atoms with van der Waals surface area (Å²) >= 11 is 0. The molecular weight excluding hydrogens is 257 g/mol. The van der Waals surface area contributed by atoms with Gasteiger partial charge in [0.2, 0.25) is 0 Å². The van der Waals surface area contributed by atoms with Crippen LogP contribution in [0.4, 0.5) is 4.39 Å². The molecule has 5 heteroatoms. The van der Waals surface area contributed by atoms with Crippen LogP contribution in [0.15, 0.2) is 24.4 Å². The molecule has 1 aromatic carbocycles. The van der Waals surface area contributed by atoms with Crippen molar-refractivity contribution in [3.05, 3.63) is 47.0 Å². The largest absolute Gasteiger partial charge is 0.508 e. The summed E-state index contributed by atoms with van der Waals surface area (Å²) in [6, 6.07) is 4.10. The van der Waals surface area contributed by atoms with Gasteiger partial charge in [0.15, 0.2) is 0 Å². The Morgan fingerprint density at radius 3 is 2.85 bits per heavy atom. The third-order valence-electron chi connectivity index (χ3n) is 3.38. The van der Waals surface area contributed by atoms with E-state index in [1.807, 2.05) is 20.2 Å². The lowest BCUT2D eigenvalue weighted by molar-refractivity contribution is 0.463. The molecular formula is C15H20FN3O. The van der Waals surface area contributed by atoms with Crippen molar-refractivity contribution in [2.75, 3.05) is 0 Å². The fraction of sp³-hybridized carbons (Fsp3) is 0.400. The van der Waals surface area contributed by atoms with Gasteiger partial charge in [0.1, 0.15) is 11.6 Å². The van der Waals surface area contributed by atoms with Gasteiger partial charge < -0.3 is 10.4 Å². The molecule has 0 saturated carbocycles. The molecule has 2 rings (SSSR count). The van der Waals surface area contributed by atoms with Crippen LogP contribution in [-0.2, 0) is 20.0 Å². The second-order valence-corrected chi connectivity index (χ2v) is 4.94. The minimum atomic E-state index is -0.396. The van der Waals surface area contributed by atoms with Crippen molar-refractivity contribution in [1.82, 2.24) is 15.1 Å². The Morgan fingerprint density at radius 1 is 1.45 bits per heavy atom. The van der Waals surface area contributed by atoms with Gasteiger partial charge in [-0.25, -0.2) is 4.39 Å². The number of aromatic hydroxyl groups is 1. The lowest BCUT2D eigenvalue weighted by Crippen LogP contribution is -2.19. The third-order valence-corrected chi connectivity index (χ3v) is 3.38. The average molecular weight is 277 g/mol. The van der Waals surface area contributed by atoms with Gasteiger partial charge in [-0.3, -0.25) is 4.68 Å². The van der Waals surface area contributed by atoms with Crippen molar-refractivity contribution >= 4 is 0 Å². The first-order valence-electron chi connectivity index (χ1n) is 6.74. The number of nitrogens with zero attached hydrogens (tertiary/aromatic N) is 2. The highest BCUT2D eigenvalue weighted by Crippen LogP contribution is 2.21. The van der Waals surface area contributed by atoms with Crippen LogP contribution in [-0.4, -0.2) is 14.9 Å². The van der Waals surface area contributed by atoms with Gasteiger partial charge in [0.25, 0.3) is 0 Å². The number of benzene rings is 1. The summed E-state index contributed by atoms with van der Waals surface area (Å²) in [5, 5.41) is 16.9. The van der Waals surface area contributed by atoms with Gasteiger partial charge in [-0.1, -0.05) is 13.0 Å². The normalized spacial score (nSPS) is 12.6. The van der Waals surface area contributed by atoms with E-state index in [2.05, 4.69) is 17.3 Å². The average Bonchev–Trinajstić information content (AvgIpc) is 2.76. The number of phenols is 1. The summed E-state index contributed by atoms with van der Waals surface area (Å²) in [7, 11) is 1.89. The van der Waals surface area contributed by atoms with E-state index in [1.165, 1.54) is 6.07 Å². The van der Waals surface area contributed by atoms with E-state index < -0.39 is 5.82 Å². The Hall–Kier alpha value is -1.88. The number of hydrogen-bond donors (Lipinski definition) is 2. The predicted octanol–water partition coefficient (Wildman–Crippen LogP) is 2.68. The molecule has 2 aromatic rings. The number of rotatable bonds is 5. The fourth-order valence-electron chi connectivity index (χ4n) is 2.27. The second kappa shape index (κ2) is 6.05. The molecule has 0 radical (unpaired) electrons. The van der Waals surface area contributed by atoms with Gasteiger partial charge >= 0.3 is 0 Å². The lowest BCUT2D eigenvalue weighted by atomic mass is 10.1. The molecule has 20 heavy (non-hydrogen) atoms. The summed E-state index contributed by atoms with van der Waals surface area (Å²) in [4.78, 5) is 0. The smallest absolute Gasteiger partial charge is 0.131 e. The van der Waals surface area contributed by atoms with Crippen molar-refractivity contribution in [1.29, 1.82) is 0 Å². The molecule has 2 N–H and O–H groups in total. The fourth-order valence-corrected chi connectivity index (χ4v) is 2.27. The quantitative estimate of drug-likeness (QED) is 0.883. The van der Waals surface area contributed by atoms with Crippen LogP contribution in [0.3, 0.4) is 0 Å². The standard InChI is InChI=1S/C15H20FN3O/c1-4-15-11(9-19(3)18-15)8-17-10(2)13-6-5-12(20)7-14(13)16/h5-7,9-10,17,20H,4,8H2,1-3H3. The Morgan fingerprint density at radius 2 is 2.20 bits per heavy atom. The first kappa shape index (κ1) is 14.5. The van der Waals surface area contributed by atoms with E-state index in [1.54, 1.807) is 10.7 Å². The van der Waals surface area contributed by atoms with Gasteiger partial charge in [-0.15, -0.1) is 0 Å². The predicted molar refractivity (Wildman–Crippen MR) is 75.9 cm³/mol. The molecule has 1 aromatic heterocycles. The number of nitrogens with one attached hydrogen (secondary N) is 1. The Kier molecular flexibility index (Phi) is 4.39. The summed E-state index contributed by atoms with van der Waals surface area (Å²) in [5.74, 6) is -0.453. The van der Waals surface area contributed by atoms with Crippen LogP contribution in [0.2, 0.25) is 0 Å². The number of aromatic nitrogens is 2. The van der Waals surface area contributed by atoms with Crippen molar-refractivity contribution in [2.45, 2.75) is 32.9 Å². The zero-order valence-corrected chi connectivity index (χ0v) is 12.0. The van der Waals surface area contributed by atoms with Crippen LogP contribution in [0.25, 0.3) is 0 Å². The van der Waals surface area contributed by atoms with Gasteiger partial charge in [0, 0.05) is 43.0 Å². The van der Waals surface area contributed by atoms with E-state index in [0.717, 1.165) is 23.7 Å². The Bertz CT molecular complexity index is 595. The maximum atomic E-state index is 13.8. The topological polar surface area (TPSA) is 50.1 Å². The monoisotopic (exact) mass is 277 g/mol. The highest BCUT2D eigenvalue weighted by molar-refractivity contribution is 5.29. The number of aryl methyl sites for hydroxylation is 2. The zero-order chi connectivity index (χ0) is 14.7. The highest BCUT2D eigenvalue weighted by Gasteiger charge is 2.12. The van der Waals surface area contributed by atoms with E-state index in [9.17, 15) is 9.50 Å². The first-order valence-corrected chi connectivity index (χ1v) is 6.74. The number of phenolic OH excluding ortho intramolecular Hbond substituents is 1. The molecule has 4 nitrogen and oxygen atoms in total. The van der Waals surface area contributed by atoms with Crippen LogP contribution in [0.1, 0.15) is 36.7 Å². The third kappa shape index (κ3) is 3.17. The van der Waals surface area contributed by atoms with E-state index in [-0.39, 0.29) is 11.8 Å². The summed E-state index contributed by atoms with van der Waals surface area (Å²) in [6.07, 6.45) is 2.85. The minimum Gasteiger partial charge on any atom is -0.508 e. The maximum absolute atomic E-state index is 13.8. The molecule has 1 unspecified atom stereocenters. The summed E-state index contributed by atoms with van der Waals surface area (Å²) in [6.45, 7) is 4.60. The molecule has 0 aliphatic carbocycles. The van der Waals surface area contributed by atoms with Gasteiger partial charge in [0.05, 0.1) is 5.69 Å².